The number of carbonyl (C=O) groups is 1. The van der Waals surface area contributed by atoms with Crippen molar-refractivity contribution in [2.24, 2.45) is 5.92 Å². The molecule has 0 aliphatic heterocycles. The van der Waals surface area contributed by atoms with Crippen molar-refractivity contribution in [2.75, 3.05) is 16.8 Å². The number of H-pyrrole nitrogens is 1. The Morgan fingerprint density at radius 1 is 1.03 bits per heavy atom. The Balaban J connectivity index is 1.69. The average molecular weight is 402 g/mol. The van der Waals surface area contributed by atoms with Gasteiger partial charge in [-0.3, -0.25) is 0 Å². The number of nitrogens with one attached hydrogen (secondary N) is 2. The van der Waals surface area contributed by atoms with Gasteiger partial charge in [0.1, 0.15) is 5.52 Å². The van der Waals surface area contributed by atoms with Crippen LogP contribution in [0.25, 0.3) is 11.2 Å². The number of rotatable bonds is 6. The fraction of sp³-hybridized carbons (Fsp3) is 0.182. The van der Waals surface area contributed by atoms with Crippen LogP contribution in [0.15, 0.2) is 67.0 Å². The molecule has 0 aliphatic rings. The lowest BCUT2D eigenvalue weighted by atomic mass is 10.2. The highest BCUT2D eigenvalue weighted by Gasteiger charge is 2.23. The molecular weight excluding hydrogens is 380 g/mol. The first-order chi connectivity index (χ1) is 14.6. The van der Waals surface area contributed by atoms with E-state index < -0.39 is 6.09 Å². The summed E-state index contributed by atoms with van der Waals surface area (Å²) in [6.07, 6.45) is 0.909. The zero-order valence-corrected chi connectivity index (χ0v) is 16.7. The number of hydrogen-bond donors (Lipinski definition) is 2. The second-order valence-electron chi connectivity index (χ2n) is 7.10. The minimum absolute atomic E-state index is 0.116. The maximum absolute atomic E-state index is 13.2. The van der Waals surface area contributed by atoms with Crippen LogP contribution in [-0.2, 0) is 0 Å². The number of carbonyl (C=O) groups excluding carboxylic acids is 1. The third-order valence-corrected chi connectivity index (χ3v) is 4.32. The predicted molar refractivity (Wildman–Crippen MR) is 116 cm³/mol. The summed E-state index contributed by atoms with van der Waals surface area (Å²) >= 11 is 0. The minimum Gasteiger partial charge on any atom is -0.388 e. The number of imidazole rings is 1. The van der Waals surface area contributed by atoms with Crippen LogP contribution in [-0.4, -0.2) is 32.6 Å². The van der Waals surface area contributed by atoms with Crippen LogP contribution in [0.5, 0.6) is 5.88 Å². The Hall–Kier alpha value is -3.94. The highest BCUT2D eigenvalue weighted by Crippen LogP contribution is 2.28. The highest BCUT2D eigenvalue weighted by atomic mass is 16.6. The Kier molecular flexibility index (Phi) is 5.56. The summed E-state index contributed by atoms with van der Waals surface area (Å²) in [5.41, 5.74) is 2.24. The maximum atomic E-state index is 13.2. The highest BCUT2D eigenvalue weighted by molar-refractivity contribution is 5.98. The number of ether oxygens (including phenoxy) is 1. The Morgan fingerprint density at radius 3 is 2.27 bits per heavy atom. The molecule has 1 amide bonds. The van der Waals surface area contributed by atoms with Gasteiger partial charge in [0.15, 0.2) is 5.65 Å². The second kappa shape index (κ2) is 8.60. The summed E-state index contributed by atoms with van der Waals surface area (Å²) in [6.45, 7) is 4.85. The molecule has 0 bridgehead atoms. The van der Waals surface area contributed by atoms with Crippen molar-refractivity contribution in [1.29, 1.82) is 0 Å². The molecule has 4 rings (SSSR count). The number of anilines is 3. The number of aromatic amines is 1. The number of hydrogen-bond acceptors (Lipinski definition) is 6. The zero-order valence-electron chi connectivity index (χ0n) is 16.7. The summed E-state index contributed by atoms with van der Waals surface area (Å²) < 4.78 is 5.73. The fourth-order valence-electron chi connectivity index (χ4n) is 2.90. The van der Waals surface area contributed by atoms with E-state index in [2.05, 4.69) is 39.1 Å². The molecule has 4 aromatic rings. The summed E-state index contributed by atoms with van der Waals surface area (Å²) in [5, 5.41) is 3.15. The predicted octanol–water partition coefficient (Wildman–Crippen LogP) is 4.76. The molecule has 8 nitrogen and oxygen atoms in total. The van der Waals surface area contributed by atoms with E-state index in [0.717, 1.165) is 0 Å². The first kappa shape index (κ1) is 19.4. The van der Waals surface area contributed by atoms with Crippen molar-refractivity contribution in [3.8, 4) is 5.88 Å². The number of nitrogens with zero attached hydrogens (tertiary/aromatic N) is 4. The average Bonchev–Trinajstić information content (AvgIpc) is 3.23. The lowest BCUT2D eigenvalue weighted by molar-refractivity contribution is 0.209. The van der Waals surface area contributed by atoms with E-state index in [9.17, 15) is 4.79 Å². The van der Waals surface area contributed by atoms with Crippen molar-refractivity contribution in [1.82, 2.24) is 19.9 Å². The van der Waals surface area contributed by atoms with Gasteiger partial charge in [-0.2, -0.15) is 9.97 Å². The van der Waals surface area contributed by atoms with Crippen molar-refractivity contribution in [3.63, 3.8) is 0 Å². The van der Waals surface area contributed by atoms with Crippen molar-refractivity contribution in [2.45, 2.75) is 13.8 Å². The van der Waals surface area contributed by atoms with Gasteiger partial charge in [-0.15, -0.1) is 0 Å². The Morgan fingerprint density at radius 2 is 1.67 bits per heavy atom. The molecule has 0 unspecified atom stereocenters. The van der Waals surface area contributed by atoms with Crippen LogP contribution < -0.4 is 15.0 Å². The van der Waals surface area contributed by atoms with Gasteiger partial charge in [0.2, 0.25) is 5.95 Å². The van der Waals surface area contributed by atoms with Gasteiger partial charge in [-0.25, -0.2) is 14.7 Å². The second-order valence-corrected chi connectivity index (χ2v) is 7.10. The topological polar surface area (TPSA) is 96.0 Å². The van der Waals surface area contributed by atoms with E-state index in [4.69, 9.17) is 4.74 Å². The first-order valence-electron chi connectivity index (χ1n) is 9.69. The van der Waals surface area contributed by atoms with Gasteiger partial charge >= 0.3 is 6.09 Å². The van der Waals surface area contributed by atoms with E-state index in [1.165, 1.54) is 11.2 Å². The molecule has 152 valence electrons. The molecule has 0 atom stereocenters. The van der Waals surface area contributed by atoms with E-state index in [1.54, 1.807) is 0 Å². The molecule has 2 heterocycles. The van der Waals surface area contributed by atoms with Crippen LogP contribution in [0.4, 0.5) is 22.1 Å². The number of aromatic nitrogens is 4. The molecule has 0 radical (unpaired) electrons. The molecule has 0 saturated carbocycles. The Bertz CT molecular complexity index is 1090. The van der Waals surface area contributed by atoms with Crippen molar-refractivity contribution < 1.29 is 9.53 Å². The summed E-state index contributed by atoms with van der Waals surface area (Å²) in [6, 6.07) is 18.6. The van der Waals surface area contributed by atoms with Crippen molar-refractivity contribution in [3.05, 3.63) is 67.0 Å². The smallest absolute Gasteiger partial charge is 0.388 e. The third kappa shape index (κ3) is 4.22. The van der Waals surface area contributed by atoms with Crippen LogP contribution >= 0.6 is 0 Å². The molecule has 0 aliphatic carbocycles. The number of amides is 1. The molecular formula is C22H22N6O2. The van der Waals surface area contributed by atoms with Gasteiger partial charge in [0, 0.05) is 6.54 Å². The van der Waals surface area contributed by atoms with Crippen LogP contribution in [0, 0.1) is 5.92 Å². The fourth-order valence-corrected chi connectivity index (χ4v) is 2.90. The lowest BCUT2D eigenvalue weighted by Crippen LogP contribution is -2.29. The van der Waals surface area contributed by atoms with Crippen LogP contribution in [0.2, 0.25) is 0 Å². The molecule has 8 heteroatoms. The van der Waals surface area contributed by atoms with Crippen LogP contribution in [0.1, 0.15) is 13.8 Å². The summed E-state index contributed by atoms with van der Waals surface area (Å²) in [5.74, 6) is 0.879. The Labute approximate surface area is 174 Å². The minimum atomic E-state index is -0.586. The number of fused-ring (bicyclic) bond motifs is 1. The SMILES string of the molecule is CC(C)CNc1nc(OC(=O)N(c2ccccc2)c2ccccc2)c2[nH]cnc2n1. The first-order valence-corrected chi connectivity index (χ1v) is 9.69. The van der Waals surface area contributed by atoms with Crippen LogP contribution in [0.3, 0.4) is 0 Å². The molecule has 30 heavy (non-hydrogen) atoms. The molecule has 0 fully saturated rings. The lowest BCUT2D eigenvalue weighted by Gasteiger charge is -2.22. The van der Waals surface area contributed by atoms with Gasteiger partial charge in [-0.1, -0.05) is 50.2 Å². The normalized spacial score (nSPS) is 10.9. The van der Waals surface area contributed by atoms with Gasteiger partial charge in [0.05, 0.1) is 17.7 Å². The van der Waals surface area contributed by atoms with E-state index in [-0.39, 0.29) is 5.88 Å². The quantitative estimate of drug-likeness (QED) is 0.483. The van der Waals surface area contributed by atoms with Gasteiger partial charge in [-0.05, 0) is 30.2 Å². The monoisotopic (exact) mass is 402 g/mol. The molecule has 0 spiro atoms. The number of para-hydroxylation sites is 2. The molecule has 2 aromatic carbocycles. The van der Waals surface area contributed by atoms with Gasteiger partial charge < -0.3 is 15.0 Å². The number of benzene rings is 2. The molecule has 2 N–H and O–H groups in total. The summed E-state index contributed by atoms with van der Waals surface area (Å²) in [4.78, 5) is 30.6. The largest absolute Gasteiger partial charge is 0.425 e. The molecule has 0 saturated heterocycles. The third-order valence-electron chi connectivity index (χ3n) is 4.32. The van der Waals surface area contributed by atoms with E-state index in [0.29, 0.717) is 40.9 Å². The van der Waals surface area contributed by atoms with Gasteiger partial charge in [0.25, 0.3) is 5.88 Å². The molecule has 2 aromatic heterocycles. The maximum Gasteiger partial charge on any atom is 0.425 e. The van der Waals surface area contributed by atoms with E-state index in [1.807, 2.05) is 60.7 Å². The zero-order chi connectivity index (χ0) is 20.9. The van der Waals surface area contributed by atoms with Crippen molar-refractivity contribution >= 4 is 34.6 Å². The standard InChI is InChI=1S/C22H22N6O2/c1-15(2)13-23-21-26-19-18(24-14-25-19)20(27-21)30-22(29)28(16-9-5-3-6-10-16)17-11-7-4-8-12-17/h3-12,14-15H,13H2,1-2H3,(H2,23,24,25,26,27). The van der Waals surface area contributed by atoms with E-state index >= 15 is 0 Å². The summed E-state index contributed by atoms with van der Waals surface area (Å²) in [7, 11) is 0.